The van der Waals surface area contributed by atoms with Crippen molar-refractivity contribution in [3.8, 4) is 33.8 Å². The van der Waals surface area contributed by atoms with Crippen LogP contribution in [0.25, 0.3) is 77.5 Å². The molecule has 0 saturated heterocycles. The highest BCUT2D eigenvalue weighted by molar-refractivity contribution is 6.10. The first-order valence-electron chi connectivity index (χ1n) is 19.5. The first kappa shape index (κ1) is 31.8. The summed E-state index contributed by atoms with van der Waals surface area (Å²) < 4.78 is 4.72. The van der Waals surface area contributed by atoms with Gasteiger partial charge in [0, 0.05) is 51.1 Å². The van der Waals surface area contributed by atoms with Gasteiger partial charge in [-0.3, -0.25) is 4.98 Å². The van der Waals surface area contributed by atoms with Crippen LogP contribution in [0.4, 0.5) is 0 Å². The van der Waals surface area contributed by atoms with Gasteiger partial charge in [-0.25, -0.2) is 4.98 Å². The maximum Gasteiger partial charge on any atom is 0.0971 e. The fraction of sp³-hybridized carbons (Fsp3) is 0.0189. The Morgan fingerprint density at radius 1 is 0.404 bits per heavy atom. The highest BCUT2D eigenvalue weighted by Gasteiger charge is 2.47. The second-order valence-corrected chi connectivity index (χ2v) is 15.0. The molecular formula is C53H34N4. The average molecular weight is 727 g/mol. The number of aromatic nitrogens is 4. The number of hydrogen-bond acceptors (Lipinski definition) is 2. The van der Waals surface area contributed by atoms with E-state index in [4.69, 9.17) is 4.98 Å². The van der Waals surface area contributed by atoms with Gasteiger partial charge in [0.2, 0.25) is 0 Å². The Labute approximate surface area is 329 Å². The van der Waals surface area contributed by atoms with Crippen molar-refractivity contribution in [1.82, 2.24) is 19.1 Å². The first-order valence-corrected chi connectivity index (χ1v) is 19.5. The molecule has 4 heterocycles. The number of pyridine rings is 2. The molecule has 0 fully saturated rings. The highest BCUT2D eigenvalue weighted by Crippen LogP contribution is 2.56. The van der Waals surface area contributed by atoms with Gasteiger partial charge in [-0.2, -0.15) is 0 Å². The molecule has 0 saturated carbocycles. The number of nitrogens with zero attached hydrogens (tertiary/aromatic N) is 4. The molecule has 11 aromatic rings. The zero-order valence-electron chi connectivity index (χ0n) is 30.9. The van der Waals surface area contributed by atoms with Crippen LogP contribution in [0.1, 0.15) is 22.3 Å². The second-order valence-electron chi connectivity index (χ2n) is 15.0. The normalized spacial score (nSPS) is 13.1. The van der Waals surface area contributed by atoms with Crippen LogP contribution in [0.15, 0.2) is 207 Å². The lowest BCUT2D eigenvalue weighted by Gasteiger charge is -2.33. The lowest BCUT2D eigenvalue weighted by atomic mass is 9.68. The smallest absolute Gasteiger partial charge is 0.0971 e. The third-order valence-corrected chi connectivity index (χ3v) is 12.1. The van der Waals surface area contributed by atoms with Crippen molar-refractivity contribution >= 4 is 43.7 Å². The minimum atomic E-state index is -0.525. The van der Waals surface area contributed by atoms with E-state index < -0.39 is 5.41 Å². The Morgan fingerprint density at radius 2 is 0.930 bits per heavy atom. The summed E-state index contributed by atoms with van der Waals surface area (Å²) in [5, 5.41) is 3.51. The molecule has 0 bridgehead atoms. The Morgan fingerprint density at radius 3 is 1.60 bits per heavy atom. The van der Waals surface area contributed by atoms with Crippen LogP contribution < -0.4 is 0 Å². The van der Waals surface area contributed by atoms with Crippen molar-refractivity contribution < 1.29 is 0 Å². The molecule has 4 nitrogen and oxygen atoms in total. The number of hydrogen-bond donors (Lipinski definition) is 0. The molecular weight excluding hydrogens is 693 g/mol. The Hall–Kier alpha value is -7.56. The van der Waals surface area contributed by atoms with Crippen LogP contribution in [0, 0.1) is 0 Å². The lowest BCUT2D eigenvalue weighted by molar-refractivity contribution is 0.767. The number of rotatable bonds is 5. The molecule has 12 rings (SSSR count). The van der Waals surface area contributed by atoms with Gasteiger partial charge >= 0.3 is 0 Å². The molecule has 4 heteroatoms. The monoisotopic (exact) mass is 726 g/mol. The third-order valence-electron chi connectivity index (χ3n) is 12.1. The van der Waals surface area contributed by atoms with E-state index in [0.717, 1.165) is 49.9 Å². The predicted molar refractivity (Wildman–Crippen MR) is 233 cm³/mol. The fourth-order valence-electron chi connectivity index (χ4n) is 9.67. The molecule has 0 N–H and O–H groups in total. The molecule has 1 aliphatic rings. The van der Waals surface area contributed by atoms with E-state index in [0.29, 0.717) is 0 Å². The van der Waals surface area contributed by atoms with Crippen molar-refractivity contribution in [2.75, 3.05) is 0 Å². The van der Waals surface area contributed by atoms with E-state index in [1.165, 1.54) is 49.8 Å². The number of para-hydroxylation sites is 2. The minimum absolute atomic E-state index is 0.525. The van der Waals surface area contributed by atoms with Gasteiger partial charge < -0.3 is 9.13 Å². The Balaban J connectivity index is 1.01. The molecule has 57 heavy (non-hydrogen) atoms. The quantitative estimate of drug-likeness (QED) is 0.177. The van der Waals surface area contributed by atoms with Crippen LogP contribution in [-0.2, 0) is 5.41 Å². The largest absolute Gasteiger partial charge is 0.309 e. The van der Waals surface area contributed by atoms with Gasteiger partial charge in [-0.15, -0.1) is 0 Å². The van der Waals surface area contributed by atoms with Crippen molar-refractivity contribution in [2.45, 2.75) is 5.41 Å². The first-order chi connectivity index (χ1) is 28.3. The Bertz CT molecular complexity index is 3230. The Kier molecular flexibility index (Phi) is 6.81. The van der Waals surface area contributed by atoms with Gasteiger partial charge in [0.15, 0.2) is 0 Å². The summed E-state index contributed by atoms with van der Waals surface area (Å²) in [5.41, 5.74) is 16.8. The second kappa shape index (κ2) is 12.2. The van der Waals surface area contributed by atoms with Crippen molar-refractivity contribution in [1.29, 1.82) is 0 Å². The molecule has 4 aromatic heterocycles. The predicted octanol–water partition coefficient (Wildman–Crippen LogP) is 12.7. The van der Waals surface area contributed by atoms with E-state index in [-0.39, 0.29) is 0 Å². The molecule has 0 atom stereocenters. The van der Waals surface area contributed by atoms with E-state index in [2.05, 4.69) is 208 Å². The highest BCUT2D eigenvalue weighted by atomic mass is 15.0. The van der Waals surface area contributed by atoms with Gasteiger partial charge in [0.1, 0.15) is 0 Å². The molecule has 0 spiro atoms. The molecule has 0 radical (unpaired) electrons. The van der Waals surface area contributed by atoms with Crippen LogP contribution >= 0.6 is 0 Å². The summed E-state index contributed by atoms with van der Waals surface area (Å²) in [5.74, 6) is 0. The minimum Gasteiger partial charge on any atom is -0.309 e. The van der Waals surface area contributed by atoms with Crippen LogP contribution in [0.3, 0.4) is 0 Å². The van der Waals surface area contributed by atoms with Crippen LogP contribution in [0.5, 0.6) is 0 Å². The van der Waals surface area contributed by atoms with Crippen molar-refractivity contribution in [3.05, 3.63) is 229 Å². The summed E-state index contributed by atoms with van der Waals surface area (Å²) >= 11 is 0. The van der Waals surface area contributed by atoms with Crippen molar-refractivity contribution in [3.63, 3.8) is 0 Å². The van der Waals surface area contributed by atoms with E-state index in [1.54, 1.807) is 0 Å². The van der Waals surface area contributed by atoms with Gasteiger partial charge in [-0.1, -0.05) is 146 Å². The SMILES string of the molecule is c1ccc(C2(c3ccccc3)c3ccccc3-c3nc4c5ccccc5n(-c5ccc(-c6ccc(-n7c8ccccc8c8cnccc87)cc6)cc5)c4cc32)cc1. The number of fused-ring (bicyclic) bond motifs is 9. The molecule has 0 amide bonds. The van der Waals surface area contributed by atoms with Gasteiger partial charge in [0.05, 0.1) is 38.7 Å². The van der Waals surface area contributed by atoms with Gasteiger partial charge in [-0.05, 0) is 76.3 Å². The third kappa shape index (κ3) is 4.50. The van der Waals surface area contributed by atoms with Crippen LogP contribution in [-0.4, -0.2) is 19.1 Å². The van der Waals surface area contributed by atoms with E-state index in [9.17, 15) is 0 Å². The molecule has 1 aliphatic carbocycles. The maximum atomic E-state index is 5.62. The van der Waals surface area contributed by atoms with E-state index >= 15 is 0 Å². The van der Waals surface area contributed by atoms with Crippen molar-refractivity contribution in [2.24, 2.45) is 0 Å². The summed E-state index contributed by atoms with van der Waals surface area (Å²) in [6.45, 7) is 0. The summed E-state index contributed by atoms with van der Waals surface area (Å²) in [7, 11) is 0. The average Bonchev–Trinajstić information content (AvgIpc) is 3.90. The topological polar surface area (TPSA) is 35.6 Å². The molecule has 0 aliphatic heterocycles. The zero-order chi connectivity index (χ0) is 37.5. The van der Waals surface area contributed by atoms with Gasteiger partial charge in [0.25, 0.3) is 0 Å². The maximum absolute atomic E-state index is 5.62. The standard InChI is InChI=1S/C53H34N4/c1-3-13-37(14-4-1)53(38-15-5-2-6-16-38)45-20-10-7-18-42(45)51-46(53)33-50-52(55-51)43-19-9-12-22-48(43)57(50)40-29-25-36(26-30-40)35-23-27-39(28-24-35)56-47-21-11-8-17-41(47)44-34-54-32-31-49(44)56/h1-34H. The number of benzene rings is 7. The van der Waals surface area contributed by atoms with E-state index in [1.807, 2.05) is 12.4 Å². The molecule has 7 aromatic carbocycles. The fourth-order valence-corrected chi connectivity index (χ4v) is 9.67. The molecule has 266 valence electrons. The van der Waals surface area contributed by atoms with Crippen LogP contribution in [0.2, 0.25) is 0 Å². The summed E-state index contributed by atoms with van der Waals surface area (Å²) in [4.78, 5) is 10.0. The molecule has 0 unspecified atom stereocenters. The lowest BCUT2D eigenvalue weighted by Crippen LogP contribution is -2.28. The summed E-state index contributed by atoms with van der Waals surface area (Å²) in [6, 6.07) is 70.4. The summed E-state index contributed by atoms with van der Waals surface area (Å²) in [6.07, 6.45) is 3.84. The zero-order valence-corrected chi connectivity index (χ0v) is 30.9.